The largest absolute Gasteiger partial charge is 1.00 e. The molecule has 0 aromatic rings. The fourth-order valence-electron chi connectivity index (χ4n) is 3.74. The SMILES string of the molecule is C[NH+](C)CCCCCCCCCCCCCCCCCCCC1CO1.[Br-]. The Labute approximate surface area is 175 Å². The Morgan fingerprint density at radius 3 is 1.19 bits per heavy atom. The molecule has 0 spiro atoms. The maximum atomic E-state index is 5.25. The summed E-state index contributed by atoms with van der Waals surface area (Å²) < 4.78 is 5.25. The Morgan fingerprint density at radius 1 is 0.577 bits per heavy atom. The van der Waals surface area contributed by atoms with E-state index in [2.05, 4.69) is 14.1 Å². The summed E-state index contributed by atoms with van der Waals surface area (Å²) in [6.07, 6.45) is 26.8. The van der Waals surface area contributed by atoms with Gasteiger partial charge in [0.25, 0.3) is 0 Å². The summed E-state index contributed by atoms with van der Waals surface area (Å²) in [6, 6.07) is 0. The van der Waals surface area contributed by atoms with E-state index in [1.807, 2.05) is 0 Å². The van der Waals surface area contributed by atoms with Crippen LogP contribution >= 0.6 is 0 Å². The van der Waals surface area contributed by atoms with Crippen LogP contribution in [0, 0.1) is 0 Å². The van der Waals surface area contributed by atoms with Crippen molar-refractivity contribution < 1.29 is 26.6 Å². The van der Waals surface area contributed by atoms with Gasteiger partial charge in [-0.1, -0.05) is 96.3 Å². The van der Waals surface area contributed by atoms with E-state index in [0.717, 1.165) is 6.61 Å². The second-order valence-electron chi connectivity index (χ2n) is 8.71. The van der Waals surface area contributed by atoms with Crippen LogP contribution in [-0.4, -0.2) is 33.4 Å². The molecule has 0 amide bonds. The lowest BCUT2D eigenvalue weighted by Gasteiger charge is -2.06. The first kappa shape index (κ1) is 26.4. The van der Waals surface area contributed by atoms with Crippen LogP contribution in [0.1, 0.15) is 116 Å². The molecule has 26 heavy (non-hydrogen) atoms. The van der Waals surface area contributed by atoms with E-state index in [4.69, 9.17) is 4.74 Å². The van der Waals surface area contributed by atoms with Crippen molar-refractivity contribution in [2.24, 2.45) is 0 Å². The molecule has 1 unspecified atom stereocenters. The number of hydrogen-bond acceptors (Lipinski definition) is 1. The number of ether oxygens (including phenoxy) is 1. The van der Waals surface area contributed by atoms with Gasteiger partial charge in [-0.25, -0.2) is 0 Å². The zero-order valence-electron chi connectivity index (χ0n) is 18.0. The van der Waals surface area contributed by atoms with E-state index >= 15 is 0 Å². The van der Waals surface area contributed by atoms with Gasteiger partial charge in [-0.15, -0.1) is 0 Å². The van der Waals surface area contributed by atoms with Crippen molar-refractivity contribution >= 4 is 0 Å². The van der Waals surface area contributed by atoms with Crippen LogP contribution in [0.15, 0.2) is 0 Å². The van der Waals surface area contributed by atoms with Crippen LogP contribution in [0.25, 0.3) is 0 Å². The van der Waals surface area contributed by atoms with Gasteiger partial charge in [0.05, 0.1) is 33.4 Å². The van der Waals surface area contributed by atoms with Crippen molar-refractivity contribution in [1.82, 2.24) is 0 Å². The van der Waals surface area contributed by atoms with Gasteiger partial charge in [-0.05, 0) is 19.3 Å². The fraction of sp³-hybridized carbons (Fsp3) is 1.00. The zero-order chi connectivity index (χ0) is 18.0. The summed E-state index contributed by atoms with van der Waals surface area (Å²) in [7, 11) is 4.51. The molecule has 158 valence electrons. The Kier molecular flexibility index (Phi) is 20.5. The van der Waals surface area contributed by atoms with Crippen LogP contribution in [0.4, 0.5) is 0 Å². The maximum absolute atomic E-state index is 5.25. The van der Waals surface area contributed by atoms with E-state index < -0.39 is 0 Å². The van der Waals surface area contributed by atoms with Gasteiger partial charge in [0.2, 0.25) is 0 Å². The Morgan fingerprint density at radius 2 is 0.885 bits per heavy atom. The van der Waals surface area contributed by atoms with Crippen molar-refractivity contribution in [2.45, 2.75) is 122 Å². The number of rotatable bonds is 20. The van der Waals surface area contributed by atoms with E-state index in [1.165, 1.54) is 122 Å². The van der Waals surface area contributed by atoms with Gasteiger partial charge in [-0.2, -0.15) is 0 Å². The number of unbranched alkanes of at least 4 members (excludes halogenated alkanes) is 16. The monoisotopic (exact) mass is 433 g/mol. The molecule has 0 aromatic heterocycles. The predicted octanol–water partition coefficient (Wildman–Crippen LogP) is 2.56. The van der Waals surface area contributed by atoms with E-state index in [-0.39, 0.29) is 17.0 Å². The number of epoxide rings is 1. The molecule has 1 atom stereocenters. The lowest BCUT2D eigenvalue weighted by molar-refractivity contribution is -0.858. The summed E-state index contributed by atoms with van der Waals surface area (Å²) in [4.78, 5) is 1.60. The molecule has 1 heterocycles. The minimum Gasteiger partial charge on any atom is -1.00 e. The first-order valence-corrected chi connectivity index (χ1v) is 11.7. The number of nitrogens with one attached hydrogen (secondary N) is 1. The van der Waals surface area contributed by atoms with Gasteiger partial charge in [0.15, 0.2) is 0 Å². The number of hydrogen-bond donors (Lipinski definition) is 1. The molecule has 0 radical (unpaired) electrons. The molecule has 0 aliphatic carbocycles. The normalized spacial score (nSPS) is 16.0. The summed E-state index contributed by atoms with van der Waals surface area (Å²) >= 11 is 0. The molecular formula is C23H48BrNO. The molecule has 3 heteroatoms. The highest BCUT2D eigenvalue weighted by molar-refractivity contribution is 4.68. The molecule has 1 rings (SSSR count). The van der Waals surface area contributed by atoms with Gasteiger partial charge in [-0.3, -0.25) is 0 Å². The van der Waals surface area contributed by atoms with Crippen molar-refractivity contribution in [1.29, 1.82) is 0 Å². The van der Waals surface area contributed by atoms with Gasteiger partial charge in [0, 0.05) is 0 Å². The lowest BCUT2D eigenvalue weighted by atomic mass is 10.0. The molecule has 0 bridgehead atoms. The lowest BCUT2D eigenvalue weighted by Crippen LogP contribution is -3.05. The van der Waals surface area contributed by atoms with Gasteiger partial charge < -0.3 is 26.6 Å². The molecule has 1 saturated heterocycles. The summed E-state index contributed by atoms with van der Waals surface area (Å²) in [5.41, 5.74) is 0. The van der Waals surface area contributed by atoms with Crippen LogP contribution in [-0.2, 0) is 4.74 Å². The van der Waals surface area contributed by atoms with Crippen molar-refractivity contribution in [3.05, 3.63) is 0 Å². The van der Waals surface area contributed by atoms with E-state index in [9.17, 15) is 0 Å². The Hall–Kier alpha value is 0.400. The van der Waals surface area contributed by atoms with Gasteiger partial charge in [0.1, 0.15) is 0 Å². The first-order valence-electron chi connectivity index (χ1n) is 11.7. The minimum atomic E-state index is 0. The third-order valence-electron chi connectivity index (χ3n) is 5.61. The molecule has 0 aromatic carbocycles. The first-order chi connectivity index (χ1) is 12.3. The summed E-state index contributed by atoms with van der Waals surface area (Å²) in [6.45, 7) is 2.38. The Balaban J connectivity index is 0.00000625. The fourth-order valence-corrected chi connectivity index (χ4v) is 3.74. The zero-order valence-corrected chi connectivity index (χ0v) is 19.6. The summed E-state index contributed by atoms with van der Waals surface area (Å²) in [5, 5.41) is 0. The predicted molar refractivity (Wildman–Crippen MR) is 111 cm³/mol. The van der Waals surface area contributed by atoms with Crippen LogP contribution in [0.2, 0.25) is 0 Å². The number of halogens is 1. The highest BCUT2D eigenvalue weighted by Gasteiger charge is 2.20. The average Bonchev–Trinajstić information content (AvgIpc) is 3.41. The van der Waals surface area contributed by atoms with Crippen molar-refractivity contribution in [2.75, 3.05) is 27.2 Å². The maximum Gasteiger partial charge on any atom is 0.0810 e. The molecule has 1 aliphatic rings. The van der Waals surface area contributed by atoms with Crippen LogP contribution < -0.4 is 21.9 Å². The van der Waals surface area contributed by atoms with E-state index in [1.54, 1.807) is 4.90 Å². The molecule has 1 aliphatic heterocycles. The second-order valence-corrected chi connectivity index (χ2v) is 8.71. The van der Waals surface area contributed by atoms with Crippen molar-refractivity contribution in [3.8, 4) is 0 Å². The van der Waals surface area contributed by atoms with Gasteiger partial charge >= 0.3 is 0 Å². The topological polar surface area (TPSA) is 17.0 Å². The van der Waals surface area contributed by atoms with Crippen LogP contribution in [0.5, 0.6) is 0 Å². The Bertz CT molecular complexity index is 251. The average molecular weight is 435 g/mol. The molecule has 1 N–H and O–H groups in total. The standard InChI is InChI=1S/C23H47NO.BrH/c1-24(2)21-19-17-15-13-11-9-7-5-3-4-6-8-10-12-14-16-18-20-23-22-25-23;/h23H,3-22H2,1-2H3;1H. The quantitative estimate of drug-likeness (QED) is 0.230. The number of quaternary nitrogens is 1. The molecule has 1 fully saturated rings. The smallest absolute Gasteiger partial charge is 0.0810 e. The second kappa shape index (κ2) is 20.1. The van der Waals surface area contributed by atoms with E-state index in [0.29, 0.717) is 6.10 Å². The molecule has 2 nitrogen and oxygen atoms in total. The summed E-state index contributed by atoms with van der Waals surface area (Å²) in [5.74, 6) is 0. The van der Waals surface area contributed by atoms with Crippen molar-refractivity contribution in [3.63, 3.8) is 0 Å². The molecule has 0 saturated carbocycles. The highest BCUT2D eigenvalue weighted by atomic mass is 79.9. The van der Waals surface area contributed by atoms with Crippen LogP contribution in [0.3, 0.4) is 0 Å². The highest BCUT2D eigenvalue weighted by Crippen LogP contribution is 2.18. The molecular weight excluding hydrogens is 386 g/mol. The third kappa shape index (κ3) is 20.7. The third-order valence-corrected chi connectivity index (χ3v) is 5.61. The minimum absolute atomic E-state index is 0.